The molecule has 0 aromatic heterocycles. The molecule has 0 unspecified atom stereocenters. The summed E-state index contributed by atoms with van der Waals surface area (Å²) in [6.45, 7) is 0. The normalized spacial score (nSPS) is 13.8. The van der Waals surface area contributed by atoms with Gasteiger partial charge >= 0.3 is 0 Å². The summed E-state index contributed by atoms with van der Waals surface area (Å²) in [5.41, 5.74) is 5.92. The fourth-order valence-corrected chi connectivity index (χ4v) is 2.32. The number of quaternary nitrogens is 1. The molecule has 0 saturated carbocycles. The number of nitro benzene ring substituents is 1. The van der Waals surface area contributed by atoms with Crippen molar-refractivity contribution in [3.63, 3.8) is 0 Å². The molecule has 120 valence electrons. The topological polar surface area (TPSA) is 91.0 Å². The van der Waals surface area contributed by atoms with E-state index in [0.717, 1.165) is 24.0 Å². The third kappa shape index (κ3) is 5.02. The van der Waals surface area contributed by atoms with Gasteiger partial charge in [-0.25, -0.2) is 0 Å². The van der Waals surface area contributed by atoms with Gasteiger partial charge in [-0.3, -0.25) is 10.1 Å². The lowest BCUT2D eigenvalue weighted by Gasteiger charge is -2.15. The maximum Gasteiger partial charge on any atom is 0.269 e. The van der Waals surface area contributed by atoms with Gasteiger partial charge < -0.3 is 10.8 Å². The number of nitrogens with zero attached hydrogens (tertiary/aromatic N) is 1. The Morgan fingerprint density at radius 2 is 1.78 bits per heavy atom. The summed E-state index contributed by atoms with van der Waals surface area (Å²) in [6, 6.07) is 15.8. The van der Waals surface area contributed by atoms with Gasteiger partial charge in [0.25, 0.3) is 5.69 Å². The summed E-state index contributed by atoms with van der Waals surface area (Å²) in [7, 11) is 0. The van der Waals surface area contributed by atoms with Gasteiger partial charge in [-0.1, -0.05) is 42.5 Å². The molecule has 0 aliphatic carbocycles. The molecule has 0 radical (unpaired) electrons. The second kappa shape index (κ2) is 8.22. The minimum absolute atomic E-state index is 0.0843. The van der Waals surface area contributed by atoms with Crippen molar-refractivity contribution in [2.45, 2.75) is 25.0 Å². The van der Waals surface area contributed by atoms with Gasteiger partial charge in [0, 0.05) is 18.6 Å². The van der Waals surface area contributed by atoms with E-state index in [1.54, 1.807) is 12.1 Å². The summed E-state index contributed by atoms with van der Waals surface area (Å²) in [6.07, 6.45) is 4.90. The van der Waals surface area contributed by atoms with Crippen LogP contribution in [-0.4, -0.2) is 16.1 Å². The molecule has 5 nitrogen and oxygen atoms in total. The number of aliphatic hydroxyl groups is 1. The molecule has 0 aliphatic heterocycles. The van der Waals surface area contributed by atoms with Gasteiger partial charge in [-0.15, -0.1) is 0 Å². The third-order valence-corrected chi connectivity index (χ3v) is 3.71. The summed E-state index contributed by atoms with van der Waals surface area (Å²) in [5, 5.41) is 20.8. The predicted octanol–water partition coefficient (Wildman–Crippen LogP) is 2.73. The van der Waals surface area contributed by atoms with Gasteiger partial charge in [-0.05, 0) is 29.7 Å². The van der Waals surface area contributed by atoms with E-state index in [0.29, 0.717) is 0 Å². The van der Waals surface area contributed by atoms with Crippen molar-refractivity contribution in [3.05, 3.63) is 81.9 Å². The SMILES string of the molecule is [NH3+][C@H](CC/C=C/c1ccc([N+](=O)[O-])cc1)[C@H](O)c1ccccc1. The van der Waals surface area contributed by atoms with E-state index in [-0.39, 0.29) is 11.7 Å². The predicted molar refractivity (Wildman–Crippen MR) is 89.4 cm³/mol. The van der Waals surface area contributed by atoms with Gasteiger partial charge in [0.15, 0.2) is 0 Å². The molecular formula is C18H21N2O3+. The molecule has 0 heterocycles. The van der Waals surface area contributed by atoms with E-state index in [1.165, 1.54) is 12.1 Å². The van der Waals surface area contributed by atoms with Crippen LogP contribution >= 0.6 is 0 Å². The molecule has 0 aliphatic rings. The monoisotopic (exact) mass is 313 g/mol. The van der Waals surface area contributed by atoms with E-state index in [1.807, 2.05) is 42.5 Å². The van der Waals surface area contributed by atoms with Crippen LogP contribution in [-0.2, 0) is 0 Å². The highest BCUT2D eigenvalue weighted by molar-refractivity contribution is 5.51. The maximum atomic E-state index is 10.6. The second-order valence-electron chi connectivity index (χ2n) is 5.44. The standard InChI is InChI=1S/C18H20N2O3/c19-17(18(21)15-7-2-1-3-8-15)9-5-4-6-14-10-12-16(13-11-14)20(22)23/h1-4,6-8,10-13,17-18,21H,5,9,19H2/p+1/b6-4+/t17-,18-/m1/s1. The quantitative estimate of drug-likeness (QED) is 0.608. The van der Waals surface area contributed by atoms with Crippen molar-refractivity contribution < 1.29 is 15.8 Å². The van der Waals surface area contributed by atoms with E-state index in [4.69, 9.17) is 0 Å². The minimum atomic E-state index is -0.566. The molecule has 2 atom stereocenters. The first-order valence-electron chi connectivity index (χ1n) is 7.55. The van der Waals surface area contributed by atoms with Crippen LogP contribution in [0.3, 0.4) is 0 Å². The van der Waals surface area contributed by atoms with Crippen LogP contribution in [0.5, 0.6) is 0 Å². The molecule has 0 spiro atoms. The zero-order chi connectivity index (χ0) is 16.7. The molecule has 0 saturated heterocycles. The van der Waals surface area contributed by atoms with Crippen LogP contribution in [0.25, 0.3) is 6.08 Å². The van der Waals surface area contributed by atoms with E-state index >= 15 is 0 Å². The molecule has 4 N–H and O–H groups in total. The van der Waals surface area contributed by atoms with E-state index in [9.17, 15) is 15.2 Å². The lowest BCUT2D eigenvalue weighted by Crippen LogP contribution is -2.63. The van der Waals surface area contributed by atoms with Crippen molar-refractivity contribution in [1.29, 1.82) is 0 Å². The van der Waals surface area contributed by atoms with Crippen LogP contribution in [0.1, 0.15) is 30.1 Å². The van der Waals surface area contributed by atoms with Crippen LogP contribution in [0, 0.1) is 10.1 Å². The minimum Gasteiger partial charge on any atom is -0.382 e. The Morgan fingerprint density at radius 1 is 1.13 bits per heavy atom. The van der Waals surface area contributed by atoms with Crippen molar-refractivity contribution in [2.75, 3.05) is 0 Å². The first-order chi connectivity index (χ1) is 11.1. The largest absolute Gasteiger partial charge is 0.382 e. The number of nitro groups is 1. The smallest absolute Gasteiger partial charge is 0.269 e. The van der Waals surface area contributed by atoms with Crippen molar-refractivity contribution in [2.24, 2.45) is 0 Å². The first kappa shape index (κ1) is 16.9. The maximum absolute atomic E-state index is 10.6. The zero-order valence-corrected chi connectivity index (χ0v) is 12.8. The highest BCUT2D eigenvalue weighted by Gasteiger charge is 2.18. The Hall–Kier alpha value is -2.50. The Balaban J connectivity index is 1.83. The number of hydrogen-bond acceptors (Lipinski definition) is 3. The number of allylic oxidation sites excluding steroid dienone is 1. The number of non-ortho nitro benzene ring substituents is 1. The van der Waals surface area contributed by atoms with Crippen LogP contribution in [0.2, 0.25) is 0 Å². The molecular weight excluding hydrogens is 292 g/mol. The summed E-state index contributed by atoms with van der Waals surface area (Å²) in [4.78, 5) is 10.2. The van der Waals surface area contributed by atoms with Crippen LogP contribution < -0.4 is 5.73 Å². The molecule has 2 aromatic rings. The number of aliphatic hydroxyl groups excluding tert-OH is 1. The van der Waals surface area contributed by atoms with E-state index in [2.05, 4.69) is 5.73 Å². The lowest BCUT2D eigenvalue weighted by molar-refractivity contribution is -0.440. The molecule has 2 rings (SSSR count). The molecule has 0 amide bonds. The Labute approximate surface area is 135 Å². The van der Waals surface area contributed by atoms with Gasteiger partial charge in [-0.2, -0.15) is 0 Å². The lowest BCUT2D eigenvalue weighted by atomic mass is 9.99. The third-order valence-electron chi connectivity index (χ3n) is 3.71. The molecule has 2 aromatic carbocycles. The van der Waals surface area contributed by atoms with Crippen molar-refractivity contribution >= 4 is 11.8 Å². The van der Waals surface area contributed by atoms with Crippen molar-refractivity contribution in [3.8, 4) is 0 Å². The fraction of sp³-hybridized carbons (Fsp3) is 0.222. The van der Waals surface area contributed by atoms with Gasteiger partial charge in [0.1, 0.15) is 12.1 Å². The molecule has 23 heavy (non-hydrogen) atoms. The van der Waals surface area contributed by atoms with Gasteiger partial charge in [0.2, 0.25) is 0 Å². The summed E-state index contributed by atoms with van der Waals surface area (Å²) in [5.74, 6) is 0. The van der Waals surface area contributed by atoms with Crippen molar-refractivity contribution in [1.82, 2.24) is 0 Å². The fourth-order valence-electron chi connectivity index (χ4n) is 2.32. The highest BCUT2D eigenvalue weighted by atomic mass is 16.6. The molecule has 5 heteroatoms. The van der Waals surface area contributed by atoms with Crippen LogP contribution in [0.4, 0.5) is 5.69 Å². The Kier molecular flexibility index (Phi) is 6.02. The number of rotatable bonds is 7. The first-order valence-corrected chi connectivity index (χ1v) is 7.55. The van der Waals surface area contributed by atoms with E-state index < -0.39 is 11.0 Å². The Bertz CT molecular complexity index is 654. The molecule has 0 fully saturated rings. The molecule has 0 bridgehead atoms. The summed E-state index contributed by atoms with van der Waals surface area (Å²) >= 11 is 0. The second-order valence-corrected chi connectivity index (χ2v) is 5.44. The van der Waals surface area contributed by atoms with Gasteiger partial charge in [0.05, 0.1) is 4.92 Å². The highest BCUT2D eigenvalue weighted by Crippen LogP contribution is 2.18. The Morgan fingerprint density at radius 3 is 2.39 bits per heavy atom. The average Bonchev–Trinajstić information content (AvgIpc) is 2.59. The zero-order valence-electron chi connectivity index (χ0n) is 12.8. The van der Waals surface area contributed by atoms with Crippen LogP contribution in [0.15, 0.2) is 60.7 Å². The number of hydrogen-bond donors (Lipinski definition) is 2. The number of benzene rings is 2. The summed E-state index contributed by atoms with van der Waals surface area (Å²) < 4.78 is 0. The average molecular weight is 313 g/mol.